The molecular formula is C16H16ClN3OS. The van der Waals surface area contributed by atoms with Gasteiger partial charge in [0.1, 0.15) is 4.64 Å². The molecule has 0 saturated carbocycles. The molecule has 6 heteroatoms. The smallest absolute Gasteiger partial charge is 0.256 e. The molecule has 1 fully saturated rings. The number of hydrogen-bond donors (Lipinski definition) is 1. The van der Waals surface area contributed by atoms with E-state index < -0.39 is 0 Å². The van der Waals surface area contributed by atoms with E-state index in [-0.39, 0.29) is 5.91 Å². The summed E-state index contributed by atoms with van der Waals surface area (Å²) < 4.78 is 0.487. The number of nitrogens with zero attached hydrogens (tertiary/aromatic N) is 2. The minimum atomic E-state index is -0.0133. The number of halogens is 1. The van der Waals surface area contributed by atoms with Crippen LogP contribution >= 0.6 is 23.8 Å². The number of nitrogens with one attached hydrogen (secondary N) is 1. The highest BCUT2D eigenvalue weighted by Crippen LogP contribution is 2.26. The van der Waals surface area contributed by atoms with Crippen molar-refractivity contribution in [3.05, 3.63) is 57.8 Å². The summed E-state index contributed by atoms with van der Waals surface area (Å²) in [5.74, 6) is -0.0133. The Kier molecular flexibility index (Phi) is 4.45. The van der Waals surface area contributed by atoms with Crippen LogP contribution in [0.5, 0.6) is 0 Å². The van der Waals surface area contributed by atoms with Gasteiger partial charge in [-0.05, 0) is 24.3 Å². The van der Waals surface area contributed by atoms with E-state index >= 15 is 0 Å². The normalized spacial score (nSPS) is 15.0. The maximum Gasteiger partial charge on any atom is 0.256 e. The summed E-state index contributed by atoms with van der Waals surface area (Å²) in [7, 11) is 0. The monoisotopic (exact) mass is 333 g/mol. The van der Waals surface area contributed by atoms with Crippen molar-refractivity contribution in [3.63, 3.8) is 0 Å². The molecule has 1 N–H and O–H groups in total. The van der Waals surface area contributed by atoms with Gasteiger partial charge in [0.15, 0.2) is 0 Å². The topological polar surface area (TPSA) is 39.3 Å². The molecule has 4 nitrogen and oxygen atoms in total. The molecule has 1 aliphatic rings. The molecule has 2 heterocycles. The number of anilines is 1. The number of aromatic amines is 1. The van der Waals surface area contributed by atoms with E-state index in [2.05, 4.69) is 9.88 Å². The van der Waals surface area contributed by atoms with Gasteiger partial charge in [-0.1, -0.05) is 36.0 Å². The van der Waals surface area contributed by atoms with E-state index in [1.54, 1.807) is 18.3 Å². The Morgan fingerprint density at radius 3 is 2.50 bits per heavy atom. The van der Waals surface area contributed by atoms with Crippen LogP contribution in [0.1, 0.15) is 10.4 Å². The number of rotatable bonds is 2. The molecule has 1 aromatic heterocycles. The van der Waals surface area contributed by atoms with Crippen LogP contribution in [0.2, 0.25) is 5.02 Å². The van der Waals surface area contributed by atoms with Crippen LogP contribution in [-0.4, -0.2) is 42.0 Å². The third-order valence-electron chi connectivity index (χ3n) is 3.81. The van der Waals surface area contributed by atoms with Gasteiger partial charge in [0, 0.05) is 32.4 Å². The van der Waals surface area contributed by atoms with E-state index in [9.17, 15) is 4.79 Å². The van der Waals surface area contributed by atoms with Crippen LogP contribution in [0.15, 0.2) is 42.6 Å². The van der Waals surface area contributed by atoms with Gasteiger partial charge in [-0.25, -0.2) is 0 Å². The lowest BCUT2D eigenvalue weighted by Crippen LogP contribution is -2.49. The number of hydrogen-bond acceptors (Lipinski definition) is 3. The molecule has 2 aromatic rings. The van der Waals surface area contributed by atoms with Crippen molar-refractivity contribution in [2.75, 3.05) is 31.1 Å². The molecule has 114 valence electrons. The highest BCUT2D eigenvalue weighted by Gasteiger charge is 2.23. The lowest BCUT2D eigenvalue weighted by molar-refractivity contribution is 0.0746. The molecule has 1 aliphatic heterocycles. The van der Waals surface area contributed by atoms with Crippen LogP contribution in [0.4, 0.5) is 5.69 Å². The maximum absolute atomic E-state index is 12.5. The van der Waals surface area contributed by atoms with Crippen LogP contribution in [0.3, 0.4) is 0 Å². The van der Waals surface area contributed by atoms with E-state index in [0.717, 1.165) is 23.8 Å². The van der Waals surface area contributed by atoms with Gasteiger partial charge in [0.2, 0.25) is 0 Å². The minimum absolute atomic E-state index is 0.0133. The van der Waals surface area contributed by atoms with Crippen LogP contribution in [0, 0.1) is 4.64 Å². The number of carbonyl (C=O) groups is 1. The van der Waals surface area contributed by atoms with Crippen LogP contribution in [-0.2, 0) is 0 Å². The summed E-state index contributed by atoms with van der Waals surface area (Å²) in [6.07, 6.45) is 1.73. The number of aromatic nitrogens is 1. The molecule has 0 atom stereocenters. The fourth-order valence-corrected chi connectivity index (χ4v) is 3.10. The van der Waals surface area contributed by atoms with Gasteiger partial charge in [-0.15, -0.1) is 0 Å². The fraction of sp³-hybridized carbons (Fsp3) is 0.250. The van der Waals surface area contributed by atoms with Crippen molar-refractivity contribution in [1.82, 2.24) is 9.88 Å². The number of piperazine rings is 1. The second kappa shape index (κ2) is 6.50. The average molecular weight is 334 g/mol. The van der Waals surface area contributed by atoms with Crippen molar-refractivity contribution in [3.8, 4) is 0 Å². The predicted octanol–water partition coefficient (Wildman–Crippen LogP) is 3.36. The van der Waals surface area contributed by atoms with Gasteiger partial charge in [0.05, 0.1) is 16.3 Å². The Hall–Kier alpha value is -1.85. The van der Waals surface area contributed by atoms with Crippen molar-refractivity contribution >= 4 is 35.4 Å². The molecule has 0 spiro atoms. The first-order valence-corrected chi connectivity index (χ1v) is 7.92. The summed E-state index contributed by atoms with van der Waals surface area (Å²) in [5.41, 5.74) is 1.58. The van der Waals surface area contributed by atoms with E-state index in [1.807, 2.05) is 29.2 Å². The zero-order valence-corrected chi connectivity index (χ0v) is 13.5. The lowest BCUT2D eigenvalue weighted by atomic mass is 10.2. The van der Waals surface area contributed by atoms with Crippen molar-refractivity contribution < 1.29 is 4.79 Å². The van der Waals surface area contributed by atoms with Crippen molar-refractivity contribution in [2.24, 2.45) is 0 Å². The Balaban J connectivity index is 1.70. The molecule has 1 saturated heterocycles. The summed E-state index contributed by atoms with van der Waals surface area (Å²) >= 11 is 11.4. The van der Waals surface area contributed by atoms with E-state index in [1.165, 1.54) is 0 Å². The average Bonchev–Trinajstić information content (AvgIpc) is 2.55. The van der Waals surface area contributed by atoms with Gasteiger partial charge in [0.25, 0.3) is 5.91 Å². The van der Waals surface area contributed by atoms with Gasteiger partial charge in [-0.2, -0.15) is 0 Å². The summed E-state index contributed by atoms with van der Waals surface area (Å²) in [4.78, 5) is 19.5. The van der Waals surface area contributed by atoms with Gasteiger partial charge < -0.3 is 14.8 Å². The number of H-pyrrole nitrogens is 1. The molecule has 3 rings (SSSR count). The Labute approximate surface area is 139 Å². The molecule has 0 radical (unpaired) electrons. The van der Waals surface area contributed by atoms with Crippen molar-refractivity contribution in [1.29, 1.82) is 0 Å². The van der Waals surface area contributed by atoms with E-state index in [0.29, 0.717) is 23.3 Å². The second-order valence-electron chi connectivity index (χ2n) is 5.14. The highest BCUT2D eigenvalue weighted by atomic mass is 35.5. The molecule has 0 unspecified atom stereocenters. The number of benzene rings is 1. The SMILES string of the molecule is O=C(c1ccc[nH]c1=S)N1CCN(c2ccccc2Cl)CC1. The Morgan fingerprint density at radius 2 is 1.82 bits per heavy atom. The number of pyridine rings is 1. The molecule has 0 bridgehead atoms. The quantitative estimate of drug-likeness (QED) is 0.857. The Bertz CT molecular complexity index is 738. The first-order valence-electron chi connectivity index (χ1n) is 7.13. The molecular weight excluding hydrogens is 318 g/mol. The first-order chi connectivity index (χ1) is 10.7. The summed E-state index contributed by atoms with van der Waals surface area (Å²) in [6.45, 7) is 2.85. The highest BCUT2D eigenvalue weighted by molar-refractivity contribution is 7.71. The molecule has 1 amide bonds. The number of carbonyl (C=O) groups excluding carboxylic acids is 1. The van der Waals surface area contributed by atoms with E-state index in [4.69, 9.17) is 23.8 Å². The largest absolute Gasteiger partial charge is 0.367 e. The summed E-state index contributed by atoms with van der Waals surface area (Å²) in [6, 6.07) is 11.3. The third kappa shape index (κ3) is 3.00. The molecule has 1 aromatic carbocycles. The predicted molar refractivity (Wildman–Crippen MR) is 91.2 cm³/mol. The van der Waals surface area contributed by atoms with Crippen LogP contribution in [0.25, 0.3) is 0 Å². The summed E-state index contributed by atoms with van der Waals surface area (Å²) in [5, 5.41) is 0.743. The van der Waals surface area contributed by atoms with Crippen LogP contribution < -0.4 is 4.90 Å². The second-order valence-corrected chi connectivity index (χ2v) is 5.96. The van der Waals surface area contributed by atoms with Crippen molar-refractivity contribution in [2.45, 2.75) is 0 Å². The standard InChI is InChI=1S/C16H16ClN3OS/c17-13-5-1-2-6-14(13)19-8-10-20(11-9-19)16(21)12-4-3-7-18-15(12)22/h1-7H,8-11H2,(H,18,22). The maximum atomic E-state index is 12.5. The number of amides is 1. The van der Waals surface area contributed by atoms with Gasteiger partial charge >= 0.3 is 0 Å². The van der Waals surface area contributed by atoms with Gasteiger partial charge in [-0.3, -0.25) is 4.79 Å². The zero-order valence-electron chi connectivity index (χ0n) is 12.0. The lowest BCUT2D eigenvalue weighted by Gasteiger charge is -2.36. The number of para-hydroxylation sites is 1. The molecule has 22 heavy (non-hydrogen) atoms. The minimum Gasteiger partial charge on any atom is -0.367 e. The zero-order chi connectivity index (χ0) is 15.5. The first kappa shape index (κ1) is 15.1. The Morgan fingerprint density at radius 1 is 1.09 bits per heavy atom. The fourth-order valence-electron chi connectivity index (χ4n) is 2.62. The third-order valence-corrected chi connectivity index (χ3v) is 4.47. The molecule has 0 aliphatic carbocycles.